The van der Waals surface area contributed by atoms with Gasteiger partial charge in [0.2, 0.25) is 5.88 Å². The average molecular weight is 500 g/mol. The number of aryl methyl sites for hydroxylation is 1. The summed E-state index contributed by atoms with van der Waals surface area (Å²) in [6, 6.07) is 3.23. The molecular weight excluding hydrogens is 477 g/mol. The van der Waals surface area contributed by atoms with Gasteiger partial charge in [-0.3, -0.25) is 4.79 Å². The lowest BCUT2D eigenvalue weighted by atomic mass is 10.0. The molecule has 0 aliphatic carbocycles. The first-order chi connectivity index (χ1) is 16.1. The van der Waals surface area contributed by atoms with Crippen molar-refractivity contribution in [2.75, 3.05) is 12.8 Å². The van der Waals surface area contributed by atoms with Crippen LogP contribution in [0.1, 0.15) is 28.8 Å². The molecule has 3 aromatic rings. The van der Waals surface area contributed by atoms with E-state index >= 15 is 0 Å². The van der Waals surface area contributed by atoms with Crippen LogP contribution in [0.2, 0.25) is 0 Å². The Labute approximate surface area is 196 Å². The fourth-order valence-corrected chi connectivity index (χ4v) is 4.62. The Balaban J connectivity index is 0.00000158. The number of ether oxygens (including phenoxy) is 1. The van der Waals surface area contributed by atoms with Crippen molar-refractivity contribution in [2.45, 2.75) is 37.8 Å². The lowest BCUT2D eigenvalue weighted by Crippen LogP contribution is -2.15. The van der Waals surface area contributed by atoms with Crippen LogP contribution in [0, 0.1) is 25.5 Å². The van der Waals surface area contributed by atoms with E-state index in [-0.39, 0.29) is 39.4 Å². The SMILES string of the molecule is CN.Cc1c(Oc2ncc(C(F)(F)F)c(C)c2-c2cc(=O)c3c([nH]2)CCCS3)ccc(F)c1F. The summed E-state index contributed by atoms with van der Waals surface area (Å²) in [5, 5.41) is 0. The molecule has 2 aromatic heterocycles. The van der Waals surface area contributed by atoms with E-state index < -0.39 is 23.4 Å². The highest BCUT2D eigenvalue weighted by Crippen LogP contribution is 2.41. The van der Waals surface area contributed by atoms with E-state index in [1.54, 1.807) is 0 Å². The molecule has 0 bridgehead atoms. The average Bonchev–Trinajstić information content (AvgIpc) is 2.80. The van der Waals surface area contributed by atoms with Gasteiger partial charge < -0.3 is 15.5 Å². The first-order valence-electron chi connectivity index (χ1n) is 10.2. The van der Waals surface area contributed by atoms with Crippen LogP contribution in [-0.2, 0) is 12.6 Å². The van der Waals surface area contributed by atoms with Crippen molar-refractivity contribution in [2.24, 2.45) is 5.73 Å². The number of halogens is 5. The minimum atomic E-state index is -4.69. The quantitative estimate of drug-likeness (QED) is 0.448. The Morgan fingerprint density at radius 3 is 2.53 bits per heavy atom. The van der Waals surface area contributed by atoms with Gasteiger partial charge in [-0.15, -0.1) is 11.8 Å². The van der Waals surface area contributed by atoms with Gasteiger partial charge in [-0.1, -0.05) is 0 Å². The fraction of sp³-hybridized carbons (Fsp3) is 0.304. The zero-order valence-electron chi connectivity index (χ0n) is 18.6. The lowest BCUT2D eigenvalue weighted by Gasteiger charge is -2.20. The van der Waals surface area contributed by atoms with Crippen LogP contribution in [0.15, 0.2) is 34.1 Å². The predicted octanol–water partition coefficient (Wildman–Crippen LogP) is 5.76. The van der Waals surface area contributed by atoms with Crippen molar-refractivity contribution in [3.8, 4) is 22.9 Å². The van der Waals surface area contributed by atoms with Gasteiger partial charge in [-0.05, 0) is 57.2 Å². The molecule has 0 fully saturated rings. The summed E-state index contributed by atoms with van der Waals surface area (Å²) in [7, 11) is 1.50. The first kappa shape index (κ1) is 25.7. The molecule has 3 heterocycles. The highest BCUT2D eigenvalue weighted by atomic mass is 32.2. The molecule has 4 rings (SSSR count). The Bertz CT molecular complexity index is 1270. The second kappa shape index (κ2) is 10.1. The highest BCUT2D eigenvalue weighted by Gasteiger charge is 2.35. The molecule has 1 aromatic carbocycles. The van der Waals surface area contributed by atoms with Crippen LogP contribution in [0.3, 0.4) is 0 Å². The van der Waals surface area contributed by atoms with Crippen molar-refractivity contribution >= 4 is 11.8 Å². The number of hydrogen-bond donors (Lipinski definition) is 2. The highest BCUT2D eigenvalue weighted by molar-refractivity contribution is 7.99. The van der Waals surface area contributed by atoms with E-state index in [0.29, 0.717) is 23.2 Å². The maximum atomic E-state index is 14.0. The summed E-state index contributed by atoms with van der Waals surface area (Å²) in [6.45, 7) is 2.53. The largest absolute Gasteiger partial charge is 0.438 e. The molecule has 0 spiro atoms. The summed E-state index contributed by atoms with van der Waals surface area (Å²) in [4.78, 5) is 20.1. The smallest absolute Gasteiger partial charge is 0.418 e. The molecule has 0 saturated heterocycles. The number of fused-ring (bicyclic) bond motifs is 1. The van der Waals surface area contributed by atoms with Crippen LogP contribution < -0.4 is 15.9 Å². The Morgan fingerprint density at radius 2 is 1.85 bits per heavy atom. The van der Waals surface area contributed by atoms with Crippen molar-refractivity contribution < 1.29 is 26.7 Å². The van der Waals surface area contributed by atoms with Gasteiger partial charge >= 0.3 is 6.18 Å². The number of H-pyrrole nitrogens is 1. The van der Waals surface area contributed by atoms with Crippen molar-refractivity contribution in [3.63, 3.8) is 0 Å². The number of thioether (sulfide) groups is 1. The molecular formula is C23H22F5N3O2S. The van der Waals surface area contributed by atoms with Crippen molar-refractivity contribution in [1.29, 1.82) is 0 Å². The number of nitrogens with two attached hydrogens (primary N) is 1. The molecule has 5 nitrogen and oxygen atoms in total. The van der Waals surface area contributed by atoms with Crippen LogP contribution in [0.5, 0.6) is 11.6 Å². The van der Waals surface area contributed by atoms with E-state index in [9.17, 15) is 26.7 Å². The topological polar surface area (TPSA) is 81.0 Å². The van der Waals surface area contributed by atoms with Crippen LogP contribution in [0.25, 0.3) is 11.3 Å². The molecule has 0 amide bonds. The Kier molecular flexibility index (Phi) is 7.67. The van der Waals surface area contributed by atoms with Crippen LogP contribution >= 0.6 is 11.8 Å². The van der Waals surface area contributed by atoms with Gasteiger partial charge in [0.1, 0.15) is 5.75 Å². The van der Waals surface area contributed by atoms with Crippen molar-refractivity contribution in [1.82, 2.24) is 9.97 Å². The molecule has 11 heteroatoms. The Hall–Kier alpha value is -2.92. The van der Waals surface area contributed by atoms with E-state index in [0.717, 1.165) is 18.2 Å². The van der Waals surface area contributed by atoms with Gasteiger partial charge in [-0.25, -0.2) is 13.8 Å². The zero-order chi connectivity index (χ0) is 25.2. The monoisotopic (exact) mass is 499 g/mol. The van der Waals surface area contributed by atoms with E-state index in [1.165, 1.54) is 44.8 Å². The number of rotatable bonds is 3. The fourth-order valence-electron chi connectivity index (χ4n) is 3.60. The third kappa shape index (κ3) is 4.95. The number of aromatic nitrogens is 2. The van der Waals surface area contributed by atoms with Gasteiger partial charge in [0.25, 0.3) is 0 Å². The number of nitrogens with zero attached hydrogens (tertiary/aromatic N) is 1. The maximum absolute atomic E-state index is 14.0. The summed E-state index contributed by atoms with van der Waals surface area (Å²) in [5.41, 5.74) is 3.50. The van der Waals surface area contributed by atoms with Crippen LogP contribution in [0.4, 0.5) is 22.0 Å². The molecule has 182 valence electrons. The molecule has 0 radical (unpaired) electrons. The third-order valence-corrected chi connectivity index (χ3v) is 6.48. The van der Waals surface area contributed by atoms with E-state index in [1.807, 2.05) is 0 Å². The molecule has 34 heavy (non-hydrogen) atoms. The molecule has 3 N–H and O–H groups in total. The molecule has 0 unspecified atom stereocenters. The molecule has 1 aliphatic rings. The predicted molar refractivity (Wildman–Crippen MR) is 120 cm³/mol. The van der Waals surface area contributed by atoms with Gasteiger partial charge in [-0.2, -0.15) is 13.2 Å². The van der Waals surface area contributed by atoms with E-state index in [2.05, 4.69) is 15.7 Å². The standard InChI is InChI=1S/C22H17F5N2O2S.CH5N/c1-10-12(22(25,26)27)9-28-21(31-17-6-5-13(23)19(24)11(17)2)18(10)15-8-16(30)20-14(29-15)4-3-7-32-20;1-2/h5-6,8-9H,3-4,7H2,1-2H3,(H,29,30);2H2,1H3. The first-order valence-corrected chi connectivity index (χ1v) is 11.2. The number of aromatic amines is 1. The van der Waals surface area contributed by atoms with Gasteiger partial charge in [0.15, 0.2) is 17.1 Å². The number of alkyl halides is 3. The number of nitrogens with one attached hydrogen (secondary N) is 1. The molecule has 1 aliphatic heterocycles. The number of benzene rings is 1. The second-order valence-corrected chi connectivity index (χ2v) is 8.47. The normalized spacial score (nSPS) is 13.1. The van der Waals surface area contributed by atoms with Gasteiger partial charge in [0, 0.05) is 23.5 Å². The van der Waals surface area contributed by atoms with E-state index in [4.69, 9.17) is 4.74 Å². The summed E-state index contributed by atoms with van der Waals surface area (Å²) in [6.07, 6.45) is -2.67. The second-order valence-electron chi connectivity index (χ2n) is 7.37. The summed E-state index contributed by atoms with van der Waals surface area (Å²) in [5.74, 6) is -1.80. The van der Waals surface area contributed by atoms with Gasteiger partial charge in [0.05, 0.1) is 21.7 Å². The zero-order valence-corrected chi connectivity index (χ0v) is 19.4. The lowest BCUT2D eigenvalue weighted by molar-refractivity contribution is -0.138. The number of pyridine rings is 2. The summed E-state index contributed by atoms with van der Waals surface area (Å²) >= 11 is 1.39. The third-order valence-electron chi connectivity index (χ3n) is 5.25. The summed E-state index contributed by atoms with van der Waals surface area (Å²) < 4.78 is 73.8. The molecule has 0 saturated carbocycles. The number of hydrogen-bond acceptors (Lipinski definition) is 5. The van der Waals surface area contributed by atoms with Crippen LogP contribution in [-0.4, -0.2) is 22.8 Å². The minimum Gasteiger partial charge on any atom is -0.438 e. The molecule has 0 atom stereocenters. The minimum absolute atomic E-state index is 0.0700. The maximum Gasteiger partial charge on any atom is 0.418 e. The van der Waals surface area contributed by atoms with Crippen molar-refractivity contribution in [3.05, 3.63) is 68.6 Å². The Morgan fingerprint density at radius 1 is 1.15 bits per heavy atom.